The highest BCUT2D eigenvalue weighted by atomic mass is 32.2. The summed E-state index contributed by atoms with van der Waals surface area (Å²) >= 11 is 1.59. The average molecular weight is 600 g/mol. The molecule has 2 atom stereocenters. The molecule has 42 heavy (non-hydrogen) atoms. The van der Waals surface area contributed by atoms with Crippen LogP contribution in [0.2, 0.25) is 0 Å². The highest BCUT2D eigenvalue weighted by molar-refractivity contribution is 7.98. The van der Waals surface area contributed by atoms with E-state index in [1.165, 1.54) is 0 Å². The van der Waals surface area contributed by atoms with Gasteiger partial charge in [0, 0.05) is 12.2 Å². The third kappa shape index (κ3) is 11.2. The summed E-state index contributed by atoms with van der Waals surface area (Å²) < 4.78 is 10.8. The zero-order valence-corrected chi connectivity index (χ0v) is 27.4. The van der Waals surface area contributed by atoms with Crippen LogP contribution in [0.1, 0.15) is 82.5 Å². The van der Waals surface area contributed by atoms with Gasteiger partial charge < -0.3 is 25.0 Å². The number of ether oxygens (including phenoxy) is 2. The molecule has 2 unspecified atom stereocenters. The molecule has 9 heteroatoms. The molecule has 0 aliphatic carbocycles. The summed E-state index contributed by atoms with van der Waals surface area (Å²) in [5.41, 5.74) is 2.53. The van der Waals surface area contributed by atoms with Crippen LogP contribution in [0, 0.1) is 13.8 Å². The number of anilines is 1. The quantitative estimate of drug-likeness (QED) is 0.213. The molecule has 0 heterocycles. The highest BCUT2D eigenvalue weighted by Gasteiger charge is 2.36. The van der Waals surface area contributed by atoms with Crippen molar-refractivity contribution in [3.05, 3.63) is 59.2 Å². The third-order valence-corrected chi connectivity index (χ3v) is 7.43. The Morgan fingerprint density at radius 3 is 2.29 bits per heavy atom. The summed E-state index contributed by atoms with van der Waals surface area (Å²) in [4.78, 5) is 43.1. The fourth-order valence-electron chi connectivity index (χ4n) is 4.61. The molecule has 232 valence electrons. The van der Waals surface area contributed by atoms with E-state index in [1.54, 1.807) is 68.8 Å². The van der Waals surface area contributed by atoms with Crippen molar-refractivity contribution < 1.29 is 23.9 Å². The number of unbranched alkanes of at least 4 members (excludes halogenated alkanes) is 3. The number of rotatable bonds is 15. The number of nitrogens with one attached hydrogen (secondary N) is 2. The number of amides is 3. The average Bonchev–Trinajstić information content (AvgIpc) is 2.93. The Morgan fingerprint density at radius 1 is 1.00 bits per heavy atom. The first-order chi connectivity index (χ1) is 19.9. The van der Waals surface area contributed by atoms with Gasteiger partial charge in [0.2, 0.25) is 5.91 Å². The second-order valence-corrected chi connectivity index (χ2v) is 12.5. The molecule has 2 aromatic rings. The lowest BCUT2D eigenvalue weighted by atomic mass is 9.95. The summed E-state index contributed by atoms with van der Waals surface area (Å²) in [5.74, 6) is 0.708. The van der Waals surface area contributed by atoms with Crippen molar-refractivity contribution in [2.24, 2.45) is 0 Å². The minimum atomic E-state index is -0.904. The molecule has 0 saturated heterocycles. The molecule has 0 fully saturated rings. The molecular weight excluding hydrogens is 550 g/mol. The first-order valence-corrected chi connectivity index (χ1v) is 16.1. The van der Waals surface area contributed by atoms with E-state index in [1.807, 2.05) is 38.3 Å². The van der Waals surface area contributed by atoms with E-state index in [4.69, 9.17) is 9.47 Å². The summed E-state index contributed by atoms with van der Waals surface area (Å²) in [7, 11) is 1.59. The van der Waals surface area contributed by atoms with Gasteiger partial charge in [-0.3, -0.25) is 9.59 Å². The maximum absolute atomic E-state index is 14.4. The Kier molecular flexibility index (Phi) is 14.2. The Morgan fingerprint density at radius 2 is 1.69 bits per heavy atom. The van der Waals surface area contributed by atoms with Crippen LogP contribution in [0.4, 0.5) is 10.5 Å². The van der Waals surface area contributed by atoms with Gasteiger partial charge >= 0.3 is 6.09 Å². The molecule has 2 rings (SSSR count). The number of carbonyl (C=O) groups is 3. The number of nitrogens with zero attached hydrogens (tertiary/aromatic N) is 1. The van der Waals surface area contributed by atoms with Gasteiger partial charge in [-0.15, -0.1) is 0 Å². The monoisotopic (exact) mass is 599 g/mol. The number of hydrogen-bond acceptors (Lipinski definition) is 6. The van der Waals surface area contributed by atoms with Gasteiger partial charge in [-0.2, -0.15) is 11.8 Å². The zero-order chi connectivity index (χ0) is 31.3. The maximum atomic E-state index is 14.4. The SMILES string of the molecule is CCCCCCN(C(=O)C(CCSC)NC(=O)OC(C)(C)C)C(C(=O)Nc1ccc(OC)cc1)c1cc(C)ccc1C. The second kappa shape index (κ2) is 17.0. The van der Waals surface area contributed by atoms with Gasteiger partial charge in [-0.05, 0) is 94.9 Å². The molecule has 0 aromatic heterocycles. The van der Waals surface area contributed by atoms with E-state index in [2.05, 4.69) is 17.6 Å². The molecule has 8 nitrogen and oxygen atoms in total. The molecule has 3 amide bonds. The van der Waals surface area contributed by atoms with Crippen LogP contribution in [0.5, 0.6) is 5.75 Å². The predicted molar refractivity (Wildman–Crippen MR) is 172 cm³/mol. The van der Waals surface area contributed by atoms with Crippen molar-refractivity contribution in [3.8, 4) is 5.75 Å². The molecule has 0 bridgehead atoms. The van der Waals surface area contributed by atoms with Crippen LogP contribution in [0.25, 0.3) is 0 Å². The van der Waals surface area contributed by atoms with E-state index in [-0.39, 0.29) is 11.8 Å². The second-order valence-electron chi connectivity index (χ2n) is 11.6. The van der Waals surface area contributed by atoms with Crippen LogP contribution >= 0.6 is 11.8 Å². The minimum absolute atomic E-state index is 0.304. The zero-order valence-electron chi connectivity index (χ0n) is 26.5. The van der Waals surface area contributed by atoms with Crippen LogP contribution in [0.15, 0.2) is 42.5 Å². The van der Waals surface area contributed by atoms with Crippen molar-refractivity contribution in [2.45, 2.75) is 91.3 Å². The van der Waals surface area contributed by atoms with E-state index < -0.39 is 23.8 Å². The van der Waals surface area contributed by atoms with Crippen LogP contribution in [-0.2, 0) is 14.3 Å². The van der Waals surface area contributed by atoms with Crippen molar-refractivity contribution in [3.63, 3.8) is 0 Å². The van der Waals surface area contributed by atoms with Crippen LogP contribution < -0.4 is 15.4 Å². The van der Waals surface area contributed by atoms with Crippen LogP contribution in [-0.4, -0.2) is 60.1 Å². The number of carbonyl (C=O) groups excluding carboxylic acids is 3. The van der Waals surface area contributed by atoms with Crippen molar-refractivity contribution in [1.82, 2.24) is 10.2 Å². The number of hydrogen-bond donors (Lipinski definition) is 2. The van der Waals surface area contributed by atoms with E-state index in [0.29, 0.717) is 30.2 Å². The Balaban J connectivity index is 2.57. The number of methoxy groups -OCH3 is 1. The van der Waals surface area contributed by atoms with Gasteiger partial charge in [0.15, 0.2) is 0 Å². The number of benzene rings is 2. The minimum Gasteiger partial charge on any atom is -0.497 e. The first-order valence-electron chi connectivity index (χ1n) is 14.7. The van der Waals surface area contributed by atoms with Crippen LogP contribution in [0.3, 0.4) is 0 Å². The van der Waals surface area contributed by atoms with Crippen molar-refractivity contribution >= 4 is 35.4 Å². The first kappa shape index (κ1) is 35.0. The normalized spacial score (nSPS) is 12.7. The van der Waals surface area contributed by atoms with Crippen molar-refractivity contribution in [1.29, 1.82) is 0 Å². The van der Waals surface area contributed by atoms with Gasteiger partial charge in [0.25, 0.3) is 5.91 Å². The summed E-state index contributed by atoms with van der Waals surface area (Å²) in [6.07, 6.45) is 5.44. The topological polar surface area (TPSA) is 97.0 Å². The molecule has 0 spiro atoms. The molecule has 2 N–H and O–H groups in total. The predicted octanol–water partition coefficient (Wildman–Crippen LogP) is 7.05. The number of thioether (sulfide) groups is 1. The third-order valence-electron chi connectivity index (χ3n) is 6.78. The van der Waals surface area contributed by atoms with Gasteiger partial charge in [0.05, 0.1) is 7.11 Å². The Bertz CT molecular complexity index is 1160. The molecule has 2 aromatic carbocycles. The maximum Gasteiger partial charge on any atom is 0.408 e. The summed E-state index contributed by atoms with van der Waals surface area (Å²) in [6, 6.07) is 11.3. The Hall–Kier alpha value is -3.20. The molecule has 0 aliphatic rings. The molecule has 0 radical (unpaired) electrons. The number of alkyl carbamates (subject to hydrolysis) is 1. The van der Waals surface area contributed by atoms with Gasteiger partial charge in [-0.25, -0.2) is 4.79 Å². The molecule has 0 saturated carbocycles. The lowest BCUT2D eigenvalue weighted by molar-refractivity contribution is -0.141. The lowest BCUT2D eigenvalue weighted by Gasteiger charge is -2.35. The van der Waals surface area contributed by atoms with E-state index >= 15 is 0 Å². The van der Waals surface area contributed by atoms with Gasteiger partial charge in [0.1, 0.15) is 23.4 Å². The van der Waals surface area contributed by atoms with Crippen molar-refractivity contribution in [2.75, 3.05) is 31.0 Å². The fourth-order valence-corrected chi connectivity index (χ4v) is 5.08. The summed E-state index contributed by atoms with van der Waals surface area (Å²) in [6.45, 7) is 11.8. The lowest BCUT2D eigenvalue weighted by Crippen LogP contribution is -2.53. The Labute approximate surface area is 256 Å². The molecular formula is C33H49N3O5S. The smallest absolute Gasteiger partial charge is 0.408 e. The fraction of sp³-hybridized carbons (Fsp3) is 0.545. The van der Waals surface area contributed by atoms with Gasteiger partial charge in [-0.1, -0.05) is 49.9 Å². The summed E-state index contributed by atoms with van der Waals surface area (Å²) in [5, 5.41) is 5.84. The largest absolute Gasteiger partial charge is 0.497 e. The standard InChI is InChI=1S/C33H49N3O5S/c1-9-10-11-12-20-36(31(38)28(19-21-42-8)35-32(39)41-33(4,5)6)29(27-22-23(2)13-14-24(27)3)30(37)34-25-15-17-26(40-7)18-16-25/h13-18,22,28-29H,9-12,19-21H2,1-8H3,(H,34,37)(H,35,39). The van der Waals surface area contributed by atoms with E-state index in [9.17, 15) is 14.4 Å². The van der Waals surface area contributed by atoms with E-state index in [0.717, 1.165) is 42.4 Å². The number of aryl methyl sites for hydroxylation is 2. The molecule has 0 aliphatic heterocycles. The highest BCUT2D eigenvalue weighted by Crippen LogP contribution is 2.29.